The molecule has 1 aromatic carbocycles. The maximum absolute atomic E-state index is 11.7. The lowest BCUT2D eigenvalue weighted by Crippen LogP contribution is -2.18. The number of carbonyl (C=O) groups excluding carboxylic acids is 1. The predicted octanol–water partition coefficient (Wildman–Crippen LogP) is 2.33. The zero-order valence-electron chi connectivity index (χ0n) is 8.35. The largest absolute Gasteiger partial charge is 0.331 e. The fourth-order valence-electron chi connectivity index (χ4n) is 1.29. The minimum atomic E-state index is -0.716. The Hall–Kier alpha value is -1.81. The smallest absolute Gasteiger partial charge is 0.249 e. The van der Waals surface area contributed by atoms with Crippen molar-refractivity contribution in [2.24, 2.45) is 0 Å². The highest BCUT2D eigenvalue weighted by Crippen LogP contribution is 2.21. The third-order valence-corrected chi connectivity index (χ3v) is 2.51. The number of carbonyl (C=O) groups is 1. The van der Waals surface area contributed by atoms with Crippen molar-refractivity contribution in [3.8, 4) is 0 Å². The van der Waals surface area contributed by atoms with Crippen molar-refractivity contribution in [3.63, 3.8) is 0 Å². The van der Waals surface area contributed by atoms with Gasteiger partial charge in [0.1, 0.15) is 5.38 Å². The number of benzene rings is 1. The molecular weight excluding hydrogens is 226 g/mol. The van der Waals surface area contributed by atoms with E-state index in [1.165, 1.54) is 0 Å². The van der Waals surface area contributed by atoms with E-state index in [1.807, 2.05) is 18.2 Å². The Bertz CT molecular complexity index is 455. The Morgan fingerprint density at radius 1 is 1.38 bits per heavy atom. The van der Waals surface area contributed by atoms with Crippen LogP contribution in [-0.2, 0) is 4.79 Å². The van der Waals surface area contributed by atoms with Gasteiger partial charge in [0, 0.05) is 12.4 Å². The third kappa shape index (κ3) is 2.41. The van der Waals surface area contributed by atoms with Gasteiger partial charge in [-0.05, 0) is 5.56 Å². The number of aromatic amines is 1. The van der Waals surface area contributed by atoms with E-state index < -0.39 is 5.38 Å². The zero-order chi connectivity index (χ0) is 11.4. The van der Waals surface area contributed by atoms with Gasteiger partial charge in [-0.2, -0.15) is 0 Å². The number of nitrogens with zero attached hydrogens (tertiary/aromatic N) is 1. The summed E-state index contributed by atoms with van der Waals surface area (Å²) in [5.74, 6) is 0.0920. The van der Waals surface area contributed by atoms with Crippen LogP contribution in [0.4, 0.5) is 5.95 Å². The van der Waals surface area contributed by atoms with Crippen LogP contribution in [0, 0.1) is 0 Å². The summed E-state index contributed by atoms with van der Waals surface area (Å²) in [5.41, 5.74) is 0.758. The normalized spacial score (nSPS) is 12.1. The van der Waals surface area contributed by atoms with Gasteiger partial charge in [0.05, 0.1) is 0 Å². The van der Waals surface area contributed by atoms with Crippen LogP contribution in [0.1, 0.15) is 10.9 Å². The van der Waals surface area contributed by atoms with Gasteiger partial charge in [-0.3, -0.25) is 10.1 Å². The van der Waals surface area contributed by atoms with Crippen LogP contribution in [0.15, 0.2) is 42.7 Å². The van der Waals surface area contributed by atoms with E-state index in [-0.39, 0.29) is 5.91 Å². The van der Waals surface area contributed by atoms with Crippen molar-refractivity contribution in [1.29, 1.82) is 0 Å². The number of alkyl halides is 1. The maximum atomic E-state index is 11.7. The van der Waals surface area contributed by atoms with Gasteiger partial charge in [-0.1, -0.05) is 30.3 Å². The summed E-state index contributed by atoms with van der Waals surface area (Å²) in [5, 5.41) is 1.87. The molecule has 1 aromatic heterocycles. The summed E-state index contributed by atoms with van der Waals surface area (Å²) >= 11 is 6.02. The van der Waals surface area contributed by atoms with Gasteiger partial charge < -0.3 is 4.98 Å². The molecule has 0 saturated carbocycles. The molecule has 2 aromatic rings. The minimum Gasteiger partial charge on any atom is -0.331 e. The van der Waals surface area contributed by atoms with Gasteiger partial charge in [-0.25, -0.2) is 4.98 Å². The quantitative estimate of drug-likeness (QED) is 0.803. The molecule has 0 saturated heterocycles. The van der Waals surface area contributed by atoms with Crippen LogP contribution in [0.25, 0.3) is 0 Å². The van der Waals surface area contributed by atoms with Crippen molar-refractivity contribution in [2.45, 2.75) is 5.38 Å². The topological polar surface area (TPSA) is 57.8 Å². The second-order valence-electron chi connectivity index (χ2n) is 3.20. The molecule has 0 fully saturated rings. The van der Waals surface area contributed by atoms with Gasteiger partial charge in [0.15, 0.2) is 0 Å². The molecule has 0 spiro atoms. The van der Waals surface area contributed by atoms with Crippen LogP contribution in [-0.4, -0.2) is 15.9 Å². The fourth-order valence-corrected chi connectivity index (χ4v) is 1.49. The third-order valence-electron chi connectivity index (χ3n) is 2.06. The molecule has 4 nitrogen and oxygen atoms in total. The Labute approximate surface area is 97.7 Å². The second-order valence-corrected chi connectivity index (χ2v) is 3.64. The first-order chi connectivity index (χ1) is 7.77. The first kappa shape index (κ1) is 10.7. The van der Waals surface area contributed by atoms with Crippen LogP contribution in [0.2, 0.25) is 0 Å². The lowest BCUT2D eigenvalue weighted by atomic mass is 10.1. The Morgan fingerprint density at radius 3 is 2.75 bits per heavy atom. The summed E-state index contributed by atoms with van der Waals surface area (Å²) < 4.78 is 0. The van der Waals surface area contributed by atoms with E-state index in [0.29, 0.717) is 5.95 Å². The molecule has 82 valence electrons. The molecule has 2 rings (SSSR count). The van der Waals surface area contributed by atoms with Crippen LogP contribution in [0.5, 0.6) is 0 Å². The van der Waals surface area contributed by atoms with Crippen LogP contribution >= 0.6 is 11.6 Å². The summed E-state index contributed by atoms with van der Waals surface area (Å²) in [6.45, 7) is 0. The lowest BCUT2D eigenvalue weighted by molar-refractivity contribution is -0.116. The Balaban J connectivity index is 2.05. The molecule has 1 unspecified atom stereocenters. The molecule has 0 aliphatic heterocycles. The van der Waals surface area contributed by atoms with Gasteiger partial charge in [0.25, 0.3) is 0 Å². The number of nitrogens with one attached hydrogen (secondary N) is 2. The molecule has 2 N–H and O–H groups in total. The first-order valence-electron chi connectivity index (χ1n) is 4.76. The molecule has 0 aliphatic rings. The highest BCUT2D eigenvalue weighted by molar-refractivity contribution is 6.32. The molecule has 1 atom stereocenters. The molecular formula is C11H10ClN3O. The monoisotopic (exact) mass is 235 g/mol. The van der Waals surface area contributed by atoms with Crippen LogP contribution in [0.3, 0.4) is 0 Å². The van der Waals surface area contributed by atoms with Crippen LogP contribution < -0.4 is 5.32 Å². The fraction of sp³-hybridized carbons (Fsp3) is 0.0909. The number of hydrogen-bond donors (Lipinski definition) is 2. The van der Waals surface area contributed by atoms with Crippen molar-refractivity contribution in [3.05, 3.63) is 48.3 Å². The van der Waals surface area contributed by atoms with E-state index in [2.05, 4.69) is 15.3 Å². The standard InChI is InChI=1S/C11H10ClN3O/c12-9(8-4-2-1-3-5-8)10(16)15-11-13-6-7-14-11/h1-7,9H,(H2,13,14,15,16). The second kappa shape index (κ2) is 4.81. The number of halogens is 1. The predicted molar refractivity (Wildman–Crippen MR) is 62.3 cm³/mol. The minimum absolute atomic E-state index is 0.303. The molecule has 0 bridgehead atoms. The number of anilines is 1. The number of hydrogen-bond acceptors (Lipinski definition) is 2. The number of amides is 1. The number of aromatic nitrogens is 2. The number of imidazole rings is 1. The van der Waals surface area contributed by atoms with E-state index in [9.17, 15) is 4.79 Å². The van der Waals surface area contributed by atoms with Crippen molar-refractivity contribution >= 4 is 23.5 Å². The number of H-pyrrole nitrogens is 1. The molecule has 16 heavy (non-hydrogen) atoms. The Morgan fingerprint density at radius 2 is 2.12 bits per heavy atom. The van der Waals surface area contributed by atoms with Crippen molar-refractivity contribution in [1.82, 2.24) is 9.97 Å². The molecule has 0 aliphatic carbocycles. The Kier molecular flexibility index (Phi) is 3.22. The first-order valence-corrected chi connectivity index (χ1v) is 5.20. The number of rotatable bonds is 3. The van der Waals surface area contributed by atoms with E-state index in [0.717, 1.165) is 5.56 Å². The summed E-state index contributed by atoms with van der Waals surface area (Å²) in [6.07, 6.45) is 3.18. The summed E-state index contributed by atoms with van der Waals surface area (Å²) in [6, 6.07) is 9.16. The maximum Gasteiger partial charge on any atom is 0.249 e. The molecule has 0 radical (unpaired) electrons. The highest BCUT2D eigenvalue weighted by Gasteiger charge is 2.17. The zero-order valence-corrected chi connectivity index (χ0v) is 9.11. The summed E-state index contributed by atoms with van der Waals surface area (Å²) in [7, 11) is 0. The van der Waals surface area contributed by atoms with Gasteiger partial charge >= 0.3 is 0 Å². The molecule has 5 heteroatoms. The van der Waals surface area contributed by atoms with E-state index >= 15 is 0 Å². The highest BCUT2D eigenvalue weighted by atomic mass is 35.5. The van der Waals surface area contributed by atoms with Crippen molar-refractivity contribution in [2.75, 3.05) is 5.32 Å². The molecule has 1 heterocycles. The molecule has 1 amide bonds. The van der Waals surface area contributed by atoms with E-state index in [1.54, 1.807) is 24.5 Å². The SMILES string of the molecule is O=C(Nc1ncc[nH]1)C(Cl)c1ccccc1. The summed E-state index contributed by atoms with van der Waals surface area (Å²) in [4.78, 5) is 18.4. The van der Waals surface area contributed by atoms with E-state index in [4.69, 9.17) is 11.6 Å². The average molecular weight is 236 g/mol. The average Bonchev–Trinajstić information content (AvgIpc) is 2.82. The lowest BCUT2D eigenvalue weighted by Gasteiger charge is -2.08. The van der Waals surface area contributed by atoms with Crippen molar-refractivity contribution < 1.29 is 4.79 Å². The van der Waals surface area contributed by atoms with Gasteiger partial charge in [0.2, 0.25) is 11.9 Å². The van der Waals surface area contributed by atoms with Gasteiger partial charge in [-0.15, -0.1) is 11.6 Å².